The van der Waals surface area contributed by atoms with E-state index in [4.69, 9.17) is 9.47 Å². The number of aryl methyl sites for hydroxylation is 1. The Balaban J connectivity index is 1.61. The van der Waals surface area contributed by atoms with Crippen molar-refractivity contribution in [3.63, 3.8) is 0 Å². The van der Waals surface area contributed by atoms with Gasteiger partial charge in [-0.3, -0.25) is 0 Å². The molecule has 4 aromatic rings. The van der Waals surface area contributed by atoms with Crippen LogP contribution in [-0.2, 0) is 16.1 Å². The highest BCUT2D eigenvalue weighted by Crippen LogP contribution is 2.35. The van der Waals surface area contributed by atoms with E-state index in [1.807, 2.05) is 43.3 Å². The van der Waals surface area contributed by atoms with Crippen LogP contribution in [0, 0.1) is 6.92 Å². The topological polar surface area (TPSA) is 77.4 Å². The van der Waals surface area contributed by atoms with Crippen molar-refractivity contribution in [2.24, 2.45) is 0 Å². The van der Waals surface area contributed by atoms with Crippen molar-refractivity contribution in [3.05, 3.63) is 89.6 Å². The smallest absolute Gasteiger partial charge is 0.420 e. The maximum absolute atomic E-state index is 14.2. The number of ether oxygens (including phenoxy) is 2. The Morgan fingerprint density at radius 2 is 1.80 bits per heavy atom. The normalized spacial score (nSPS) is 13.2. The van der Waals surface area contributed by atoms with E-state index in [1.165, 1.54) is 7.05 Å². The van der Waals surface area contributed by atoms with Crippen molar-refractivity contribution in [3.8, 4) is 5.69 Å². The first kappa shape index (κ1) is 29.1. The predicted octanol–water partition coefficient (Wildman–Crippen LogP) is 6.05. The number of aromatic nitrogens is 2. The zero-order valence-corrected chi connectivity index (χ0v) is 22.7. The van der Waals surface area contributed by atoms with Gasteiger partial charge >= 0.3 is 12.1 Å². The van der Waals surface area contributed by atoms with Crippen LogP contribution in [0.2, 0.25) is 0 Å². The Kier molecular flexibility index (Phi) is 9.11. The maximum atomic E-state index is 14.2. The first-order valence-corrected chi connectivity index (χ1v) is 13.1. The number of carbonyl (C=O) groups excluding carboxylic acids is 1. The largest absolute Gasteiger partial charge is 0.457 e. The van der Waals surface area contributed by atoms with Crippen LogP contribution in [0.15, 0.2) is 72.9 Å². The minimum absolute atomic E-state index is 0.0197. The molecule has 10 heteroatoms. The summed E-state index contributed by atoms with van der Waals surface area (Å²) in [7, 11) is 1.47. The molecule has 1 aromatic heterocycles. The Labute approximate surface area is 231 Å². The molecule has 3 aromatic carbocycles. The number of rotatable bonds is 12. The van der Waals surface area contributed by atoms with Crippen molar-refractivity contribution >= 4 is 22.6 Å². The van der Waals surface area contributed by atoms with Crippen LogP contribution in [0.1, 0.15) is 34.8 Å². The number of alkyl halides is 3. The fourth-order valence-corrected chi connectivity index (χ4v) is 4.46. The summed E-state index contributed by atoms with van der Waals surface area (Å²) in [6.45, 7) is 2.88. The molecule has 2 N–H and O–H groups in total. The van der Waals surface area contributed by atoms with Gasteiger partial charge in [0.25, 0.3) is 0 Å². The first-order chi connectivity index (χ1) is 19.2. The van der Waals surface area contributed by atoms with E-state index in [-0.39, 0.29) is 13.2 Å². The molecule has 1 heterocycles. The summed E-state index contributed by atoms with van der Waals surface area (Å²) in [6, 6.07) is 19.9. The number of fused-ring (bicyclic) bond motifs is 1. The van der Waals surface area contributed by atoms with Crippen LogP contribution in [0.25, 0.3) is 16.6 Å². The van der Waals surface area contributed by atoms with Crippen LogP contribution < -0.4 is 10.6 Å². The lowest BCUT2D eigenvalue weighted by molar-refractivity contribution is -0.270. The van der Waals surface area contributed by atoms with Gasteiger partial charge < -0.3 is 20.1 Å². The number of esters is 1. The zero-order chi connectivity index (χ0) is 28.8. The summed E-state index contributed by atoms with van der Waals surface area (Å²) >= 11 is 0. The van der Waals surface area contributed by atoms with Crippen molar-refractivity contribution in [1.82, 2.24) is 15.1 Å². The third-order valence-electron chi connectivity index (χ3n) is 6.50. The highest BCUT2D eigenvalue weighted by Gasteiger charge is 2.55. The van der Waals surface area contributed by atoms with Gasteiger partial charge in [-0.2, -0.15) is 18.3 Å². The summed E-state index contributed by atoms with van der Waals surface area (Å²) in [6.07, 6.45) is -2.54. The van der Waals surface area contributed by atoms with Crippen LogP contribution >= 0.6 is 0 Å². The quantitative estimate of drug-likeness (QED) is 0.208. The molecule has 0 radical (unpaired) electrons. The van der Waals surface area contributed by atoms with Gasteiger partial charge in [0, 0.05) is 24.2 Å². The number of hydrogen-bond donors (Lipinski definition) is 2. The molecule has 0 spiro atoms. The summed E-state index contributed by atoms with van der Waals surface area (Å²) < 4.78 is 55.1. The Morgan fingerprint density at radius 1 is 1.02 bits per heavy atom. The van der Waals surface area contributed by atoms with Gasteiger partial charge in [0.05, 0.1) is 29.5 Å². The fourth-order valence-electron chi connectivity index (χ4n) is 4.46. The number of nitrogens with one attached hydrogen (secondary N) is 2. The highest BCUT2D eigenvalue weighted by molar-refractivity contribution is 5.94. The summed E-state index contributed by atoms with van der Waals surface area (Å²) in [5.41, 5.74) is 1.46. The van der Waals surface area contributed by atoms with E-state index in [2.05, 4.69) is 15.7 Å². The van der Waals surface area contributed by atoms with Crippen LogP contribution in [-0.4, -0.2) is 54.3 Å². The van der Waals surface area contributed by atoms with Crippen molar-refractivity contribution < 1.29 is 27.4 Å². The number of halogens is 3. The molecule has 0 aliphatic rings. The second-order valence-electron chi connectivity index (χ2n) is 9.64. The molecule has 40 heavy (non-hydrogen) atoms. The van der Waals surface area contributed by atoms with Gasteiger partial charge in [-0.05, 0) is 61.9 Å². The molecule has 212 valence electrons. The predicted molar refractivity (Wildman–Crippen MR) is 149 cm³/mol. The summed E-state index contributed by atoms with van der Waals surface area (Å²) in [4.78, 5) is 12.7. The van der Waals surface area contributed by atoms with Gasteiger partial charge in [0.1, 0.15) is 6.61 Å². The molecule has 0 bridgehead atoms. The molecule has 0 saturated heterocycles. The van der Waals surface area contributed by atoms with Crippen molar-refractivity contribution in [2.75, 3.05) is 32.1 Å². The molecular formula is C30H33F3N4O3. The number of nitrogens with zero attached hydrogens (tertiary/aromatic N) is 2. The number of carbonyl (C=O) groups is 1. The fraction of sp³-hybridized carbons (Fsp3) is 0.333. The van der Waals surface area contributed by atoms with Gasteiger partial charge in [-0.15, -0.1) is 0 Å². The van der Waals surface area contributed by atoms with Gasteiger partial charge in [0.2, 0.25) is 0 Å². The van der Waals surface area contributed by atoms with Crippen LogP contribution in [0.3, 0.4) is 0 Å². The number of likely N-dealkylation sites (N-methyl/N-ethyl adjacent to an activating group) is 1. The standard InChI is InChI=1S/C30H33F3N4O3/c1-4-13-40-29(19-34-3,30(31,32)33)20-35-26-14-21(2)15-27-25(26)17-36-37(27)24-12-8-11-23(16-24)28(38)39-18-22-9-6-5-7-10-22/h5-12,14-17,34-35H,4,13,18-20H2,1-3H3. The van der Waals surface area contributed by atoms with Gasteiger partial charge in [-0.1, -0.05) is 43.3 Å². The molecular weight excluding hydrogens is 521 g/mol. The third kappa shape index (κ3) is 6.46. The molecule has 0 saturated carbocycles. The molecule has 0 aliphatic heterocycles. The van der Waals surface area contributed by atoms with Gasteiger partial charge in [-0.25, -0.2) is 9.48 Å². The maximum Gasteiger partial charge on any atom is 0.420 e. The lowest BCUT2D eigenvalue weighted by atomic mass is 10.0. The van der Waals surface area contributed by atoms with E-state index in [0.29, 0.717) is 34.3 Å². The number of benzene rings is 3. The van der Waals surface area contributed by atoms with E-state index in [1.54, 1.807) is 48.1 Å². The molecule has 1 atom stereocenters. The van der Waals surface area contributed by atoms with E-state index in [0.717, 1.165) is 11.1 Å². The molecule has 0 fully saturated rings. The second-order valence-corrected chi connectivity index (χ2v) is 9.64. The lowest BCUT2D eigenvalue weighted by Gasteiger charge is -2.36. The average molecular weight is 555 g/mol. The highest BCUT2D eigenvalue weighted by atomic mass is 19.4. The first-order valence-electron chi connectivity index (χ1n) is 13.1. The van der Waals surface area contributed by atoms with E-state index >= 15 is 0 Å². The van der Waals surface area contributed by atoms with Crippen molar-refractivity contribution in [1.29, 1.82) is 0 Å². The van der Waals surface area contributed by atoms with Gasteiger partial charge in [0.15, 0.2) is 5.60 Å². The van der Waals surface area contributed by atoms with Crippen LogP contribution in [0.5, 0.6) is 0 Å². The van der Waals surface area contributed by atoms with E-state index < -0.39 is 30.8 Å². The number of anilines is 1. The molecule has 1 unspecified atom stereocenters. The molecule has 7 nitrogen and oxygen atoms in total. The monoisotopic (exact) mass is 554 g/mol. The summed E-state index contributed by atoms with van der Waals surface area (Å²) in [5, 5.41) is 10.7. The van der Waals surface area contributed by atoms with Crippen molar-refractivity contribution in [2.45, 2.75) is 38.7 Å². The minimum atomic E-state index is -4.60. The second kappa shape index (κ2) is 12.5. The lowest BCUT2D eigenvalue weighted by Crippen LogP contribution is -2.58. The SMILES string of the molecule is CCCOC(CNC)(CNc1cc(C)cc2c1cnn2-c1cccc(C(=O)OCc2ccccc2)c1)C(F)(F)F. The molecule has 0 amide bonds. The minimum Gasteiger partial charge on any atom is -0.457 e. The summed E-state index contributed by atoms with van der Waals surface area (Å²) in [5.74, 6) is -0.471. The van der Waals surface area contributed by atoms with E-state index in [9.17, 15) is 18.0 Å². The Bertz CT molecular complexity index is 1440. The number of hydrogen-bond acceptors (Lipinski definition) is 6. The molecule has 4 rings (SSSR count). The van der Waals surface area contributed by atoms with Crippen LogP contribution in [0.4, 0.5) is 18.9 Å². The molecule has 0 aliphatic carbocycles. The zero-order valence-electron chi connectivity index (χ0n) is 22.7. The Hall–Kier alpha value is -3.89. The Morgan fingerprint density at radius 3 is 2.50 bits per heavy atom. The third-order valence-corrected chi connectivity index (χ3v) is 6.50. The average Bonchev–Trinajstić information content (AvgIpc) is 3.37.